The van der Waals surface area contributed by atoms with E-state index in [2.05, 4.69) is 0 Å². The standard InChI is InChI=1S/C10H6F2N2O/c11-8-3-1-2-6(9(8)12)4-7(5-13)10(14)15/h1-4H,(H2,14,15)/b7-4-. The second-order valence-corrected chi connectivity index (χ2v) is 2.68. The van der Waals surface area contributed by atoms with Gasteiger partial charge in [-0.2, -0.15) is 5.26 Å². The molecule has 76 valence electrons. The largest absolute Gasteiger partial charge is 0.365 e. The molecule has 0 radical (unpaired) electrons. The van der Waals surface area contributed by atoms with Crippen molar-refractivity contribution in [3.05, 3.63) is 41.0 Å². The van der Waals surface area contributed by atoms with Crippen LogP contribution < -0.4 is 5.73 Å². The van der Waals surface area contributed by atoms with Gasteiger partial charge in [0.05, 0.1) is 0 Å². The summed E-state index contributed by atoms with van der Waals surface area (Å²) in [7, 11) is 0. The van der Waals surface area contributed by atoms with E-state index in [1.807, 2.05) is 0 Å². The molecular weight excluding hydrogens is 202 g/mol. The zero-order chi connectivity index (χ0) is 11.4. The average molecular weight is 208 g/mol. The Labute approximate surface area is 84.4 Å². The van der Waals surface area contributed by atoms with Crippen molar-refractivity contribution in [3.8, 4) is 6.07 Å². The van der Waals surface area contributed by atoms with Gasteiger partial charge in [-0.15, -0.1) is 0 Å². The van der Waals surface area contributed by atoms with Crippen LogP contribution in [0.1, 0.15) is 5.56 Å². The Morgan fingerprint density at radius 2 is 2.13 bits per heavy atom. The number of carbonyl (C=O) groups is 1. The zero-order valence-corrected chi connectivity index (χ0v) is 7.50. The van der Waals surface area contributed by atoms with Crippen LogP contribution in [0.2, 0.25) is 0 Å². The van der Waals surface area contributed by atoms with Gasteiger partial charge < -0.3 is 5.73 Å². The van der Waals surface area contributed by atoms with Crippen molar-refractivity contribution in [2.24, 2.45) is 5.73 Å². The van der Waals surface area contributed by atoms with Crippen LogP contribution in [0.3, 0.4) is 0 Å². The van der Waals surface area contributed by atoms with E-state index >= 15 is 0 Å². The SMILES string of the molecule is N#C/C(=C/c1cccc(F)c1F)C(N)=O. The molecule has 2 N–H and O–H groups in total. The molecule has 15 heavy (non-hydrogen) atoms. The number of carbonyl (C=O) groups excluding carboxylic acids is 1. The Kier molecular flexibility index (Phi) is 3.13. The minimum Gasteiger partial charge on any atom is -0.365 e. The number of nitrogens with zero attached hydrogens (tertiary/aromatic N) is 1. The van der Waals surface area contributed by atoms with Crippen LogP contribution in [0.15, 0.2) is 23.8 Å². The molecule has 1 rings (SSSR count). The number of primary amides is 1. The molecule has 0 aliphatic carbocycles. The zero-order valence-electron chi connectivity index (χ0n) is 7.50. The maximum Gasteiger partial charge on any atom is 0.259 e. The van der Waals surface area contributed by atoms with Crippen molar-refractivity contribution in [1.29, 1.82) is 5.26 Å². The Morgan fingerprint density at radius 1 is 1.47 bits per heavy atom. The van der Waals surface area contributed by atoms with Gasteiger partial charge in [0.15, 0.2) is 11.6 Å². The third-order valence-electron chi connectivity index (χ3n) is 1.67. The maximum atomic E-state index is 13.1. The van der Waals surface area contributed by atoms with Crippen molar-refractivity contribution >= 4 is 12.0 Å². The maximum absolute atomic E-state index is 13.1. The molecule has 0 aliphatic heterocycles. The summed E-state index contributed by atoms with van der Waals surface area (Å²) in [5.41, 5.74) is 4.22. The van der Waals surface area contributed by atoms with E-state index in [0.29, 0.717) is 0 Å². The Morgan fingerprint density at radius 3 is 2.67 bits per heavy atom. The van der Waals surface area contributed by atoms with E-state index in [9.17, 15) is 13.6 Å². The lowest BCUT2D eigenvalue weighted by atomic mass is 10.1. The van der Waals surface area contributed by atoms with Gasteiger partial charge in [0.25, 0.3) is 5.91 Å². The highest BCUT2D eigenvalue weighted by molar-refractivity contribution is 6.00. The van der Waals surface area contributed by atoms with Crippen LogP contribution in [0.5, 0.6) is 0 Å². The lowest BCUT2D eigenvalue weighted by Crippen LogP contribution is -2.12. The molecule has 0 heterocycles. The van der Waals surface area contributed by atoms with Crippen LogP contribution in [-0.2, 0) is 4.79 Å². The number of hydrogen-bond acceptors (Lipinski definition) is 2. The van der Waals surface area contributed by atoms with E-state index in [0.717, 1.165) is 12.1 Å². The van der Waals surface area contributed by atoms with Gasteiger partial charge in [-0.05, 0) is 12.1 Å². The first kappa shape index (κ1) is 10.9. The first-order chi connectivity index (χ1) is 7.06. The molecule has 5 heteroatoms. The molecule has 0 unspecified atom stereocenters. The number of nitrogens with two attached hydrogens (primary N) is 1. The molecule has 3 nitrogen and oxygen atoms in total. The molecule has 1 amide bonds. The summed E-state index contributed by atoms with van der Waals surface area (Å²) in [6.07, 6.45) is 0.904. The fourth-order valence-electron chi connectivity index (χ4n) is 0.946. The van der Waals surface area contributed by atoms with Gasteiger partial charge in [0.1, 0.15) is 11.6 Å². The Balaban J connectivity index is 3.25. The fraction of sp³-hybridized carbons (Fsp3) is 0. The highest BCUT2D eigenvalue weighted by Gasteiger charge is 2.09. The number of benzene rings is 1. The molecule has 1 aromatic rings. The summed E-state index contributed by atoms with van der Waals surface area (Å²) in [6, 6.07) is 4.93. The first-order valence-electron chi connectivity index (χ1n) is 3.92. The van der Waals surface area contributed by atoms with Crippen LogP contribution >= 0.6 is 0 Å². The van der Waals surface area contributed by atoms with Gasteiger partial charge in [-0.25, -0.2) is 8.78 Å². The Bertz CT molecular complexity index is 475. The summed E-state index contributed by atoms with van der Waals surface area (Å²) in [5.74, 6) is -3.15. The van der Waals surface area contributed by atoms with E-state index in [1.165, 1.54) is 18.2 Å². The van der Waals surface area contributed by atoms with Crippen molar-refractivity contribution in [1.82, 2.24) is 0 Å². The number of amides is 1. The number of hydrogen-bond donors (Lipinski definition) is 1. The third kappa shape index (κ3) is 2.38. The highest BCUT2D eigenvalue weighted by Crippen LogP contribution is 2.14. The molecule has 0 aliphatic rings. The van der Waals surface area contributed by atoms with E-state index in [-0.39, 0.29) is 5.56 Å². The van der Waals surface area contributed by atoms with Gasteiger partial charge in [0.2, 0.25) is 0 Å². The first-order valence-corrected chi connectivity index (χ1v) is 3.92. The van der Waals surface area contributed by atoms with Gasteiger partial charge >= 0.3 is 0 Å². The normalized spacial score (nSPS) is 10.9. The summed E-state index contributed by atoms with van der Waals surface area (Å²) in [4.78, 5) is 10.6. The molecule has 0 saturated heterocycles. The van der Waals surface area contributed by atoms with E-state index in [1.54, 1.807) is 0 Å². The minimum atomic E-state index is -1.12. The highest BCUT2D eigenvalue weighted by atomic mass is 19.2. The summed E-state index contributed by atoms with van der Waals surface area (Å²) in [5, 5.41) is 8.48. The number of rotatable bonds is 2. The van der Waals surface area contributed by atoms with Crippen molar-refractivity contribution in [3.63, 3.8) is 0 Å². The van der Waals surface area contributed by atoms with E-state index in [4.69, 9.17) is 11.0 Å². The van der Waals surface area contributed by atoms with Crippen LogP contribution in [0.4, 0.5) is 8.78 Å². The molecular formula is C10H6F2N2O. The van der Waals surface area contributed by atoms with Crippen LogP contribution in [0, 0.1) is 23.0 Å². The van der Waals surface area contributed by atoms with Gasteiger partial charge in [0, 0.05) is 5.56 Å². The summed E-state index contributed by atoms with van der Waals surface area (Å²) >= 11 is 0. The predicted octanol–water partition coefficient (Wildman–Crippen LogP) is 1.36. The lowest BCUT2D eigenvalue weighted by Gasteiger charge is -1.98. The fourth-order valence-corrected chi connectivity index (χ4v) is 0.946. The number of nitriles is 1. The van der Waals surface area contributed by atoms with Gasteiger partial charge in [-0.1, -0.05) is 12.1 Å². The summed E-state index contributed by atoms with van der Waals surface area (Å²) in [6.45, 7) is 0. The molecule has 0 atom stereocenters. The quantitative estimate of drug-likeness (QED) is 0.589. The molecule has 0 spiro atoms. The van der Waals surface area contributed by atoms with Crippen LogP contribution in [-0.4, -0.2) is 5.91 Å². The third-order valence-corrected chi connectivity index (χ3v) is 1.67. The second-order valence-electron chi connectivity index (χ2n) is 2.68. The van der Waals surface area contributed by atoms with Crippen LogP contribution in [0.25, 0.3) is 6.08 Å². The van der Waals surface area contributed by atoms with Gasteiger partial charge in [-0.3, -0.25) is 4.79 Å². The molecule has 0 fully saturated rings. The lowest BCUT2D eigenvalue weighted by molar-refractivity contribution is -0.114. The monoisotopic (exact) mass is 208 g/mol. The van der Waals surface area contributed by atoms with Crippen molar-refractivity contribution in [2.75, 3.05) is 0 Å². The minimum absolute atomic E-state index is 0.189. The van der Waals surface area contributed by atoms with Crippen molar-refractivity contribution < 1.29 is 13.6 Å². The topological polar surface area (TPSA) is 66.9 Å². The smallest absolute Gasteiger partial charge is 0.259 e. The van der Waals surface area contributed by atoms with Crippen molar-refractivity contribution in [2.45, 2.75) is 0 Å². The molecule has 0 bridgehead atoms. The number of halogens is 2. The second kappa shape index (κ2) is 4.33. The summed E-state index contributed by atoms with van der Waals surface area (Å²) < 4.78 is 25.8. The average Bonchev–Trinajstić information content (AvgIpc) is 2.19. The Hall–Kier alpha value is -2.22. The molecule has 1 aromatic carbocycles. The van der Waals surface area contributed by atoms with E-state index < -0.39 is 23.1 Å². The molecule has 0 aromatic heterocycles. The predicted molar refractivity (Wildman–Crippen MR) is 49.1 cm³/mol. The molecule has 0 saturated carbocycles.